The summed E-state index contributed by atoms with van der Waals surface area (Å²) in [7, 11) is 0. The third-order valence-electron chi connectivity index (χ3n) is 2.34. The number of nitrogens with one attached hydrogen (secondary N) is 1. The van der Waals surface area contributed by atoms with E-state index in [1.807, 2.05) is 0 Å². The fourth-order valence-corrected chi connectivity index (χ4v) is 1.86. The molecule has 0 aromatic carbocycles. The van der Waals surface area contributed by atoms with Crippen LogP contribution in [0.4, 0.5) is 0 Å². The molecule has 2 rings (SSSR count). The quantitative estimate of drug-likeness (QED) is 0.390. The molecular formula is C7H11NO5S. The summed E-state index contributed by atoms with van der Waals surface area (Å²) in [6.45, 7) is -0.467. The predicted molar refractivity (Wildman–Crippen MR) is 48.4 cm³/mol. The van der Waals surface area contributed by atoms with Crippen LogP contribution >= 0.6 is 12.2 Å². The monoisotopic (exact) mass is 221 g/mol. The smallest absolute Gasteiger partial charge is 0.259 e. The second-order valence-electron chi connectivity index (χ2n) is 3.28. The molecule has 0 aromatic rings. The highest BCUT2D eigenvalue weighted by molar-refractivity contribution is 7.80. The van der Waals surface area contributed by atoms with Crippen LogP contribution in [0.15, 0.2) is 0 Å². The molecule has 0 unspecified atom stereocenters. The minimum Gasteiger partial charge on any atom is -0.460 e. The first kappa shape index (κ1) is 10.1. The summed E-state index contributed by atoms with van der Waals surface area (Å²) >= 11 is 4.72. The number of ether oxygens (including phenoxy) is 2. The molecule has 0 saturated carbocycles. The Labute approximate surface area is 85.4 Å². The van der Waals surface area contributed by atoms with Gasteiger partial charge in [-0.1, -0.05) is 0 Å². The first-order valence-electron chi connectivity index (χ1n) is 4.23. The summed E-state index contributed by atoms with van der Waals surface area (Å²) in [6.07, 6.45) is -4.09. The highest BCUT2D eigenvalue weighted by Crippen LogP contribution is 2.28. The van der Waals surface area contributed by atoms with Gasteiger partial charge < -0.3 is 30.1 Å². The lowest BCUT2D eigenvalue weighted by Crippen LogP contribution is -2.41. The molecule has 6 nitrogen and oxygen atoms in total. The molecule has 2 heterocycles. The van der Waals surface area contributed by atoms with Gasteiger partial charge >= 0.3 is 0 Å². The predicted octanol–water partition coefficient (Wildman–Crippen LogP) is -2.30. The Morgan fingerprint density at radius 2 is 2.29 bits per heavy atom. The van der Waals surface area contributed by atoms with Gasteiger partial charge in [-0.05, 0) is 12.2 Å². The fraction of sp³-hybridized carbons (Fsp3) is 0.857. The van der Waals surface area contributed by atoms with E-state index in [0.29, 0.717) is 0 Å². The van der Waals surface area contributed by atoms with Crippen LogP contribution in [-0.2, 0) is 9.47 Å². The molecule has 4 N–H and O–H groups in total. The zero-order valence-corrected chi connectivity index (χ0v) is 7.98. The van der Waals surface area contributed by atoms with Crippen molar-refractivity contribution in [3.63, 3.8) is 0 Å². The molecule has 0 spiro atoms. The molecule has 14 heavy (non-hydrogen) atoms. The molecule has 7 heteroatoms. The van der Waals surface area contributed by atoms with Crippen molar-refractivity contribution >= 4 is 17.4 Å². The lowest BCUT2D eigenvalue weighted by molar-refractivity contribution is -0.0846. The molecule has 0 bridgehead atoms. The average molecular weight is 221 g/mol. The Morgan fingerprint density at radius 1 is 1.57 bits per heavy atom. The van der Waals surface area contributed by atoms with Crippen molar-refractivity contribution in [3.05, 3.63) is 0 Å². The zero-order valence-electron chi connectivity index (χ0n) is 7.16. The van der Waals surface area contributed by atoms with E-state index in [0.717, 1.165) is 0 Å². The summed E-state index contributed by atoms with van der Waals surface area (Å²) in [5.41, 5.74) is 0. The maximum Gasteiger partial charge on any atom is 0.259 e. The van der Waals surface area contributed by atoms with E-state index >= 15 is 0 Å². The largest absolute Gasteiger partial charge is 0.460 e. The van der Waals surface area contributed by atoms with E-state index in [1.54, 1.807) is 0 Å². The van der Waals surface area contributed by atoms with Crippen LogP contribution in [0.2, 0.25) is 0 Å². The van der Waals surface area contributed by atoms with Crippen molar-refractivity contribution < 1.29 is 24.8 Å². The SMILES string of the molecule is OC[C@@H](O)[C@H]1O[C@H]2NC(=S)O[C@@H]2[C@@H]1O. The minimum atomic E-state index is -1.12. The maximum absolute atomic E-state index is 9.66. The topological polar surface area (TPSA) is 91.2 Å². The number of hydrogen-bond donors (Lipinski definition) is 4. The average Bonchev–Trinajstić information content (AvgIpc) is 2.64. The maximum atomic E-state index is 9.66. The zero-order chi connectivity index (χ0) is 10.3. The van der Waals surface area contributed by atoms with E-state index in [-0.39, 0.29) is 5.17 Å². The van der Waals surface area contributed by atoms with Gasteiger partial charge in [0.15, 0.2) is 12.3 Å². The van der Waals surface area contributed by atoms with E-state index in [9.17, 15) is 10.2 Å². The van der Waals surface area contributed by atoms with Crippen LogP contribution in [0.3, 0.4) is 0 Å². The van der Waals surface area contributed by atoms with Crippen LogP contribution in [0, 0.1) is 0 Å². The molecule has 0 aliphatic carbocycles. The molecule has 0 aromatic heterocycles. The lowest BCUT2D eigenvalue weighted by atomic mass is 10.1. The van der Waals surface area contributed by atoms with E-state index in [4.69, 9.17) is 26.8 Å². The molecular weight excluding hydrogens is 210 g/mol. The summed E-state index contributed by atoms with van der Waals surface area (Å²) in [5, 5.41) is 30.5. The third kappa shape index (κ3) is 1.47. The molecule has 80 valence electrons. The van der Waals surface area contributed by atoms with E-state index < -0.39 is 37.3 Å². The van der Waals surface area contributed by atoms with Crippen molar-refractivity contribution in [1.29, 1.82) is 0 Å². The van der Waals surface area contributed by atoms with Gasteiger partial charge in [0, 0.05) is 0 Å². The Hall–Kier alpha value is -0.470. The highest BCUT2D eigenvalue weighted by Gasteiger charge is 2.51. The van der Waals surface area contributed by atoms with Crippen molar-refractivity contribution in [2.75, 3.05) is 6.61 Å². The van der Waals surface area contributed by atoms with Gasteiger partial charge in [-0.15, -0.1) is 0 Å². The molecule has 2 aliphatic rings. The second kappa shape index (κ2) is 3.59. The number of fused-ring (bicyclic) bond motifs is 1. The molecule has 2 aliphatic heterocycles. The van der Waals surface area contributed by atoms with Crippen LogP contribution < -0.4 is 5.32 Å². The molecule has 2 fully saturated rings. The highest BCUT2D eigenvalue weighted by atomic mass is 32.1. The molecule has 5 atom stereocenters. The van der Waals surface area contributed by atoms with Crippen molar-refractivity contribution in [3.8, 4) is 0 Å². The van der Waals surface area contributed by atoms with Crippen molar-refractivity contribution in [2.45, 2.75) is 30.6 Å². The first-order chi connectivity index (χ1) is 6.63. The number of rotatable bonds is 2. The van der Waals surface area contributed by atoms with E-state index in [2.05, 4.69) is 5.32 Å². The molecule has 0 amide bonds. The van der Waals surface area contributed by atoms with Crippen LogP contribution in [0.25, 0.3) is 0 Å². The second-order valence-corrected chi connectivity index (χ2v) is 3.65. The third-order valence-corrected chi connectivity index (χ3v) is 2.56. The van der Waals surface area contributed by atoms with Crippen LogP contribution in [0.1, 0.15) is 0 Å². The number of thiocarbonyl (C=S) groups is 1. The Balaban J connectivity index is 2.05. The standard InChI is InChI=1S/C7H11NO5S/c9-1-2(10)4-3(11)5-6(12-4)8-7(14)13-5/h2-6,9-11H,1H2,(H,8,14)/t2-,3-,4-,5-,6-/m1/s1. The fourth-order valence-electron chi connectivity index (χ4n) is 1.64. The van der Waals surface area contributed by atoms with Gasteiger partial charge in [0.05, 0.1) is 6.61 Å². The summed E-state index contributed by atoms with van der Waals surface area (Å²) in [5.74, 6) is 0. The van der Waals surface area contributed by atoms with Crippen LogP contribution in [0.5, 0.6) is 0 Å². The Kier molecular flexibility index (Phi) is 2.58. The van der Waals surface area contributed by atoms with Gasteiger partial charge in [0.2, 0.25) is 0 Å². The summed E-state index contributed by atoms with van der Waals surface area (Å²) in [4.78, 5) is 0. The summed E-state index contributed by atoms with van der Waals surface area (Å²) < 4.78 is 10.3. The van der Waals surface area contributed by atoms with Gasteiger partial charge in [-0.2, -0.15) is 0 Å². The number of aliphatic hydroxyl groups excluding tert-OH is 3. The van der Waals surface area contributed by atoms with Gasteiger partial charge in [-0.3, -0.25) is 0 Å². The first-order valence-corrected chi connectivity index (χ1v) is 4.64. The Bertz CT molecular complexity index is 250. The van der Waals surface area contributed by atoms with E-state index in [1.165, 1.54) is 0 Å². The minimum absolute atomic E-state index is 0.177. The number of aliphatic hydroxyl groups is 3. The lowest BCUT2D eigenvalue weighted by Gasteiger charge is -2.20. The summed E-state index contributed by atoms with van der Waals surface area (Å²) in [6, 6.07) is 0. The Morgan fingerprint density at radius 3 is 2.86 bits per heavy atom. The molecule has 0 radical (unpaired) electrons. The number of hydrogen-bond acceptors (Lipinski definition) is 6. The normalized spacial score (nSPS) is 42.9. The van der Waals surface area contributed by atoms with Crippen LogP contribution in [-0.4, -0.2) is 57.7 Å². The van der Waals surface area contributed by atoms with Gasteiger partial charge in [0.1, 0.15) is 18.3 Å². The van der Waals surface area contributed by atoms with Gasteiger partial charge in [0.25, 0.3) is 5.17 Å². The van der Waals surface area contributed by atoms with Crippen molar-refractivity contribution in [1.82, 2.24) is 5.32 Å². The van der Waals surface area contributed by atoms with Gasteiger partial charge in [-0.25, -0.2) is 0 Å². The molecule has 2 saturated heterocycles. The van der Waals surface area contributed by atoms with Crippen molar-refractivity contribution in [2.24, 2.45) is 0 Å².